The van der Waals surface area contributed by atoms with Crippen molar-refractivity contribution in [3.8, 4) is 0 Å². The number of nitrogens with two attached hydrogens (primary N) is 1. The topological polar surface area (TPSA) is 38.5 Å². The Bertz CT molecular complexity index is 180. The third-order valence-electron chi connectivity index (χ3n) is 3.56. The van der Waals surface area contributed by atoms with Crippen molar-refractivity contribution in [2.24, 2.45) is 17.6 Å². The lowest BCUT2D eigenvalue weighted by Gasteiger charge is -2.36. The first kappa shape index (κ1) is 12.9. The Kier molecular flexibility index (Phi) is 5.03. The minimum Gasteiger partial charge on any atom is -0.383 e. The minimum absolute atomic E-state index is 0.490. The highest BCUT2D eigenvalue weighted by Crippen LogP contribution is 2.35. The molecule has 2 unspecified atom stereocenters. The van der Waals surface area contributed by atoms with E-state index in [2.05, 4.69) is 25.8 Å². The Morgan fingerprint density at radius 3 is 2.33 bits per heavy atom. The van der Waals surface area contributed by atoms with Crippen LogP contribution in [0.4, 0.5) is 0 Å². The molecule has 3 nitrogen and oxygen atoms in total. The second-order valence-corrected chi connectivity index (χ2v) is 5.07. The number of rotatable bonds is 7. The van der Waals surface area contributed by atoms with E-state index in [1.165, 1.54) is 12.8 Å². The predicted octanol–water partition coefficient (Wildman–Crippen LogP) is 1.33. The van der Waals surface area contributed by atoms with Crippen LogP contribution in [0.3, 0.4) is 0 Å². The molecule has 1 aliphatic carbocycles. The van der Waals surface area contributed by atoms with Gasteiger partial charge in [-0.05, 0) is 31.7 Å². The third-order valence-corrected chi connectivity index (χ3v) is 3.56. The molecule has 0 spiro atoms. The lowest BCUT2D eigenvalue weighted by atomic mass is 10.0. The van der Waals surface area contributed by atoms with Crippen LogP contribution in [0.1, 0.15) is 26.7 Å². The number of nitrogens with zero attached hydrogens (tertiary/aromatic N) is 1. The fourth-order valence-corrected chi connectivity index (χ4v) is 2.37. The average Bonchev–Trinajstić information content (AvgIpc) is 2.98. The summed E-state index contributed by atoms with van der Waals surface area (Å²) in [6.45, 7) is 6.08. The molecule has 15 heavy (non-hydrogen) atoms. The van der Waals surface area contributed by atoms with Gasteiger partial charge in [0.1, 0.15) is 0 Å². The molecule has 90 valence electrons. The zero-order chi connectivity index (χ0) is 11.4. The summed E-state index contributed by atoms with van der Waals surface area (Å²) in [4.78, 5) is 2.44. The average molecular weight is 214 g/mol. The van der Waals surface area contributed by atoms with Crippen LogP contribution in [-0.4, -0.2) is 44.3 Å². The van der Waals surface area contributed by atoms with Crippen molar-refractivity contribution in [2.45, 2.75) is 38.8 Å². The van der Waals surface area contributed by atoms with Crippen molar-refractivity contribution in [2.75, 3.05) is 27.3 Å². The van der Waals surface area contributed by atoms with Gasteiger partial charge in [-0.15, -0.1) is 0 Å². The van der Waals surface area contributed by atoms with Crippen molar-refractivity contribution in [3.05, 3.63) is 0 Å². The fraction of sp³-hybridized carbons (Fsp3) is 1.00. The normalized spacial score (nSPS) is 21.0. The molecule has 1 fully saturated rings. The summed E-state index contributed by atoms with van der Waals surface area (Å²) < 4.78 is 5.30. The van der Waals surface area contributed by atoms with E-state index in [1.54, 1.807) is 7.11 Å². The molecule has 2 N–H and O–H groups in total. The highest BCUT2D eigenvalue weighted by atomic mass is 16.5. The summed E-state index contributed by atoms with van der Waals surface area (Å²) in [6.07, 6.45) is 2.70. The number of methoxy groups -OCH3 is 1. The van der Waals surface area contributed by atoms with E-state index >= 15 is 0 Å². The fourth-order valence-electron chi connectivity index (χ4n) is 2.37. The molecule has 0 radical (unpaired) electrons. The number of ether oxygens (including phenoxy) is 1. The summed E-state index contributed by atoms with van der Waals surface area (Å²) in [5.74, 6) is 1.45. The molecule has 0 saturated heterocycles. The molecule has 0 heterocycles. The predicted molar refractivity (Wildman–Crippen MR) is 63.8 cm³/mol. The van der Waals surface area contributed by atoms with Gasteiger partial charge in [-0.2, -0.15) is 0 Å². The molecule has 0 aromatic heterocycles. The molecule has 1 saturated carbocycles. The van der Waals surface area contributed by atoms with Gasteiger partial charge in [-0.25, -0.2) is 0 Å². The van der Waals surface area contributed by atoms with Crippen LogP contribution in [0.15, 0.2) is 0 Å². The zero-order valence-corrected chi connectivity index (χ0v) is 10.6. The van der Waals surface area contributed by atoms with Gasteiger partial charge in [0, 0.05) is 25.7 Å². The van der Waals surface area contributed by atoms with Gasteiger partial charge in [-0.1, -0.05) is 13.8 Å². The Labute approximate surface area is 94.0 Å². The first-order chi connectivity index (χ1) is 7.11. The molecule has 0 bridgehead atoms. The zero-order valence-electron chi connectivity index (χ0n) is 10.6. The van der Waals surface area contributed by atoms with Crippen molar-refractivity contribution in [3.63, 3.8) is 0 Å². The molecular formula is C12H26N2O. The Hall–Kier alpha value is -0.120. The lowest BCUT2D eigenvalue weighted by Crippen LogP contribution is -2.49. The van der Waals surface area contributed by atoms with Crippen LogP contribution in [0.25, 0.3) is 0 Å². The molecule has 1 rings (SSSR count). The molecule has 0 amide bonds. The molecule has 2 atom stereocenters. The van der Waals surface area contributed by atoms with E-state index in [9.17, 15) is 0 Å². The van der Waals surface area contributed by atoms with Crippen LogP contribution in [-0.2, 0) is 4.74 Å². The second-order valence-electron chi connectivity index (χ2n) is 5.07. The number of hydrogen-bond acceptors (Lipinski definition) is 3. The SMILES string of the molecule is COCC(C(C)C)N(C)C(CN)C1CC1. The summed E-state index contributed by atoms with van der Waals surface area (Å²) in [7, 11) is 3.97. The maximum Gasteiger partial charge on any atom is 0.0620 e. The lowest BCUT2D eigenvalue weighted by molar-refractivity contribution is 0.0506. The molecular weight excluding hydrogens is 188 g/mol. The van der Waals surface area contributed by atoms with E-state index in [1.807, 2.05) is 0 Å². The van der Waals surface area contributed by atoms with E-state index in [0.717, 1.165) is 19.1 Å². The van der Waals surface area contributed by atoms with Crippen LogP contribution >= 0.6 is 0 Å². The van der Waals surface area contributed by atoms with Gasteiger partial charge in [0.2, 0.25) is 0 Å². The summed E-state index contributed by atoms with van der Waals surface area (Å²) in [5, 5.41) is 0. The summed E-state index contributed by atoms with van der Waals surface area (Å²) in [5.41, 5.74) is 5.87. The highest BCUT2D eigenvalue weighted by Gasteiger charge is 2.36. The highest BCUT2D eigenvalue weighted by molar-refractivity contribution is 4.90. The Morgan fingerprint density at radius 1 is 1.40 bits per heavy atom. The van der Waals surface area contributed by atoms with Crippen molar-refractivity contribution in [1.82, 2.24) is 4.90 Å². The molecule has 0 aromatic carbocycles. The van der Waals surface area contributed by atoms with Gasteiger partial charge < -0.3 is 10.5 Å². The van der Waals surface area contributed by atoms with Gasteiger partial charge >= 0.3 is 0 Å². The van der Waals surface area contributed by atoms with E-state index in [4.69, 9.17) is 10.5 Å². The monoisotopic (exact) mass is 214 g/mol. The van der Waals surface area contributed by atoms with Crippen molar-refractivity contribution >= 4 is 0 Å². The van der Waals surface area contributed by atoms with Crippen LogP contribution in [0.5, 0.6) is 0 Å². The maximum atomic E-state index is 5.87. The van der Waals surface area contributed by atoms with Crippen molar-refractivity contribution in [1.29, 1.82) is 0 Å². The van der Waals surface area contributed by atoms with Crippen molar-refractivity contribution < 1.29 is 4.74 Å². The smallest absolute Gasteiger partial charge is 0.0620 e. The van der Waals surface area contributed by atoms with E-state index in [0.29, 0.717) is 18.0 Å². The summed E-state index contributed by atoms with van der Waals surface area (Å²) in [6, 6.07) is 1.04. The molecule has 0 aliphatic heterocycles. The van der Waals surface area contributed by atoms with Gasteiger partial charge in [-0.3, -0.25) is 4.90 Å². The van der Waals surface area contributed by atoms with Gasteiger partial charge in [0.05, 0.1) is 6.61 Å². The van der Waals surface area contributed by atoms with E-state index in [-0.39, 0.29) is 0 Å². The largest absolute Gasteiger partial charge is 0.383 e. The van der Waals surface area contributed by atoms with Crippen LogP contribution in [0, 0.1) is 11.8 Å². The first-order valence-electron chi connectivity index (χ1n) is 6.02. The number of likely N-dealkylation sites (N-methyl/N-ethyl adjacent to an activating group) is 1. The van der Waals surface area contributed by atoms with E-state index < -0.39 is 0 Å². The summed E-state index contributed by atoms with van der Waals surface area (Å²) >= 11 is 0. The third kappa shape index (κ3) is 3.44. The van der Waals surface area contributed by atoms with Gasteiger partial charge in [0.25, 0.3) is 0 Å². The maximum absolute atomic E-state index is 5.87. The second kappa shape index (κ2) is 5.83. The molecule has 3 heteroatoms. The minimum atomic E-state index is 0.490. The van der Waals surface area contributed by atoms with Crippen LogP contribution in [0.2, 0.25) is 0 Å². The quantitative estimate of drug-likeness (QED) is 0.695. The standard InChI is InChI=1S/C12H26N2O/c1-9(2)12(8-15-4)14(3)11(7-13)10-5-6-10/h9-12H,5-8,13H2,1-4H3. The van der Waals surface area contributed by atoms with Gasteiger partial charge in [0.15, 0.2) is 0 Å². The number of hydrogen-bond donors (Lipinski definition) is 1. The Morgan fingerprint density at radius 2 is 2.00 bits per heavy atom. The molecule has 0 aromatic rings. The Balaban J connectivity index is 2.55. The molecule has 1 aliphatic rings. The first-order valence-corrected chi connectivity index (χ1v) is 6.02. The van der Waals surface area contributed by atoms with Crippen LogP contribution < -0.4 is 5.73 Å².